The minimum atomic E-state index is -4.48. The zero-order valence-corrected chi connectivity index (χ0v) is 17.2. The molecule has 0 radical (unpaired) electrons. The van der Waals surface area contributed by atoms with Gasteiger partial charge in [-0.2, -0.15) is 13.2 Å². The number of hydrogen-bond acceptors (Lipinski definition) is 3. The van der Waals surface area contributed by atoms with Crippen molar-refractivity contribution in [2.24, 2.45) is 0 Å². The summed E-state index contributed by atoms with van der Waals surface area (Å²) in [5.74, 6) is 0.519. The van der Waals surface area contributed by atoms with Crippen LogP contribution < -0.4 is 10.6 Å². The smallest absolute Gasteiger partial charge is 0.368 e. The molecule has 1 saturated carbocycles. The van der Waals surface area contributed by atoms with Crippen LogP contribution in [0.1, 0.15) is 54.2 Å². The third-order valence-corrected chi connectivity index (χ3v) is 5.82. The van der Waals surface area contributed by atoms with Crippen LogP contribution in [0.25, 0.3) is 5.65 Å². The summed E-state index contributed by atoms with van der Waals surface area (Å²) in [6.45, 7) is 2.07. The van der Waals surface area contributed by atoms with E-state index in [2.05, 4.69) is 22.5 Å². The quantitative estimate of drug-likeness (QED) is 0.594. The molecule has 0 unspecified atom stereocenters. The summed E-state index contributed by atoms with van der Waals surface area (Å²) in [6, 6.07) is 12.9. The maximum atomic E-state index is 13.0. The molecule has 164 valence electrons. The zero-order valence-electron chi connectivity index (χ0n) is 17.2. The number of carbonyl (C=O) groups is 1. The van der Waals surface area contributed by atoms with Crippen LogP contribution in [0.5, 0.6) is 0 Å². The summed E-state index contributed by atoms with van der Waals surface area (Å²) < 4.78 is 40.4. The Morgan fingerprint density at radius 2 is 1.74 bits per heavy atom. The minimum Gasteiger partial charge on any atom is -0.368 e. The number of pyridine rings is 1. The van der Waals surface area contributed by atoms with E-state index in [9.17, 15) is 18.0 Å². The summed E-state index contributed by atoms with van der Waals surface area (Å²) in [5.41, 5.74) is 1.20. The lowest BCUT2D eigenvalue weighted by Gasteiger charge is -2.30. The largest absolute Gasteiger partial charge is 0.434 e. The van der Waals surface area contributed by atoms with Crippen LogP contribution in [0, 0.1) is 0 Å². The van der Waals surface area contributed by atoms with Gasteiger partial charge < -0.3 is 10.6 Å². The second kappa shape index (κ2) is 8.61. The second-order valence-corrected chi connectivity index (χ2v) is 7.98. The van der Waals surface area contributed by atoms with Gasteiger partial charge in [0, 0.05) is 23.8 Å². The van der Waals surface area contributed by atoms with E-state index in [0.717, 1.165) is 38.3 Å². The fourth-order valence-corrected chi connectivity index (χ4v) is 4.02. The molecular formula is C23H25F3N4O. The van der Waals surface area contributed by atoms with E-state index in [4.69, 9.17) is 0 Å². The van der Waals surface area contributed by atoms with Crippen LogP contribution >= 0.6 is 0 Å². The highest BCUT2D eigenvalue weighted by Gasteiger charge is 2.34. The average Bonchev–Trinajstić information content (AvgIpc) is 3.21. The molecule has 2 heterocycles. The van der Waals surface area contributed by atoms with Gasteiger partial charge in [-0.3, -0.25) is 9.20 Å². The molecule has 0 spiro atoms. The van der Waals surface area contributed by atoms with Crippen molar-refractivity contribution in [1.29, 1.82) is 0 Å². The highest BCUT2D eigenvalue weighted by molar-refractivity contribution is 5.94. The Kier molecular flexibility index (Phi) is 5.89. The summed E-state index contributed by atoms with van der Waals surface area (Å²) in [4.78, 5) is 16.2. The molecule has 3 aromatic rings. The van der Waals surface area contributed by atoms with Gasteiger partial charge in [0.25, 0.3) is 5.91 Å². The fraction of sp³-hybridized carbons (Fsp3) is 0.391. The number of hydrogen-bond donors (Lipinski definition) is 2. The Morgan fingerprint density at radius 3 is 2.39 bits per heavy atom. The topological polar surface area (TPSA) is 58.4 Å². The van der Waals surface area contributed by atoms with Crippen molar-refractivity contribution in [2.45, 2.75) is 57.3 Å². The van der Waals surface area contributed by atoms with Gasteiger partial charge in [-0.1, -0.05) is 25.1 Å². The van der Waals surface area contributed by atoms with Gasteiger partial charge in [0.05, 0.1) is 0 Å². The Balaban J connectivity index is 1.35. The number of amides is 1. The van der Waals surface area contributed by atoms with Crippen molar-refractivity contribution < 1.29 is 18.0 Å². The first-order valence-corrected chi connectivity index (χ1v) is 10.5. The lowest BCUT2D eigenvalue weighted by molar-refractivity contribution is -0.140. The number of rotatable bonds is 5. The van der Waals surface area contributed by atoms with Gasteiger partial charge >= 0.3 is 6.18 Å². The Hall–Kier alpha value is -3.03. The molecule has 2 aromatic heterocycles. The van der Waals surface area contributed by atoms with E-state index >= 15 is 0 Å². The first-order chi connectivity index (χ1) is 14.8. The normalized spacial score (nSPS) is 19.4. The number of fused-ring (bicyclic) bond motifs is 1. The lowest BCUT2D eigenvalue weighted by Crippen LogP contribution is -2.40. The van der Waals surface area contributed by atoms with Gasteiger partial charge in [-0.15, -0.1) is 0 Å². The van der Waals surface area contributed by atoms with Gasteiger partial charge in [0.1, 0.15) is 11.5 Å². The predicted octanol–water partition coefficient (Wildman–Crippen LogP) is 5.07. The SMILES string of the molecule is CCc1ccc(C(=O)N[C@H]2CC[C@@H](Nc3cccc4nc(C(F)(F)F)cn34)CC2)cc1. The summed E-state index contributed by atoms with van der Waals surface area (Å²) in [5, 5.41) is 6.45. The number of aromatic nitrogens is 2. The Labute approximate surface area is 178 Å². The molecular weight excluding hydrogens is 405 g/mol. The maximum Gasteiger partial charge on any atom is 0.434 e. The maximum absolute atomic E-state index is 13.0. The number of imidazole rings is 1. The molecule has 2 N–H and O–H groups in total. The van der Waals surface area contributed by atoms with E-state index in [1.807, 2.05) is 24.3 Å². The Bertz CT molecular complexity index is 1050. The first kappa shape index (κ1) is 21.2. The summed E-state index contributed by atoms with van der Waals surface area (Å²) in [6.07, 6.45) is 0.731. The predicted molar refractivity (Wildman–Crippen MR) is 113 cm³/mol. The van der Waals surface area contributed by atoms with E-state index < -0.39 is 11.9 Å². The molecule has 1 aliphatic carbocycles. The number of nitrogens with one attached hydrogen (secondary N) is 2. The van der Waals surface area contributed by atoms with E-state index in [1.165, 1.54) is 9.96 Å². The number of carbonyl (C=O) groups excluding carboxylic acids is 1. The van der Waals surface area contributed by atoms with Crippen molar-refractivity contribution in [1.82, 2.24) is 14.7 Å². The number of halogens is 3. The van der Waals surface area contributed by atoms with Gasteiger partial charge in [-0.05, 0) is 61.9 Å². The molecule has 1 fully saturated rings. The van der Waals surface area contributed by atoms with Crippen LogP contribution in [-0.4, -0.2) is 27.4 Å². The van der Waals surface area contributed by atoms with Gasteiger partial charge in [0.2, 0.25) is 0 Å². The van der Waals surface area contributed by atoms with Crippen LogP contribution in [0.2, 0.25) is 0 Å². The van der Waals surface area contributed by atoms with Crippen LogP contribution in [-0.2, 0) is 12.6 Å². The standard InChI is InChI=1S/C23H25F3N4O/c1-2-15-6-8-16(9-7-15)22(31)28-18-12-10-17(11-13-18)27-20-4-3-5-21-29-19(14-30(20)21)23(24,25)26/h3-9,14,17-18,27H,2,10-13H2,1H3,(H,28,31)/t17-,18+. The number of nitrogens with zero attached hydrogens (tertiary/aromatic N) is 2. The minimum absolute atomic E-state index is 0.0677. The second-order valence-electron chi connectivity index (χ2n) is 7.98. The molecule has 1 amide bonds. The van der Waals surface area contributed by atoms with Crippen LogP contribution in [0.15, 0.2) is 48.7 Å². The first-order valence-electron chi connectivity index (χ1n) is 10.5. The zero-order chi connectivity index (χ0) is 22.0. The van der Waals surface area contributed by atoms with Gasteiger partial charge in [-0.25, -0.2) is 4.98 Å². The Morgan fingerprint density at radius 1 is 1.06 bits per heavy atom. The summed E-state index contributed by atoms with van der Waals surface area (Å²) in [7, 11) is 0. The number of benzene rings is 1. The van der Waals surface area contributed by atoms with Crippen molar-refractivity contribution in [2.75, 3.05) is 5.32 Å². The van der Waals surface area contributed by atoms with Crippen LogP contribution in [0.3, 0.4) is 0 Å². The third-order valence-electron chi connectivity index (χ3n) is 5.82. The third kappa shape index (κ3) is 4.84. The number of anilines is 1. The summed E-state index contributed by atoms with van der Waals surface area (Å²) >= 11 is 0. The molecule has 4 rings (SSSR count). The highest BCUT2D eigenvalue weighted by Crippen LogP contribution is 2.30. The molecule has 5 nitrogen and oxygen atoms in total. The molecule has 0 aliphatic heterocycles. The van der Waals surface area contributed by atoms with Crippen molar-refractivity contribution in [3.05, 3.63) is 65.5 Å². The molecule has 0 saturated heterocycles. The fourth-order valence-electron chi connectivity index (χ4n) is 4.02. The lowest BCUT2D eigenvalue weighted by atomic mass is 9.91. The van der Waals surface area contributed by atoms with Gasteiger partial charge in [0.15, 0.2) is 5.69 Å². The molecule has 1 aliphatic rings. The number of alkyl halides is 3. The molecule has 8 heteroatoms. The molecule has 31 heavy (non-hydrogen) atoms. The van der Waals surface area contributed by atoms with Crippen molar-refractivity contribution >= 4 is 17.4 Å². The average molecular weight is 430 g/mol. The molecule has 0 bridgehead atoms. The highest BCUT2D eigenvalue weighted by atomic mass is 19.4. The van der Waals surface area contributed by atoms with Crippen molar-refractivity contribution in [3.63, 3.8) is 0 Å². The van der Waals surface area contributed by atoms with E-state index in [0.29, 0.717) is 11.4 Å². The molecule has 0 atom stereocenters. The van der Waals surface area contributed by atoms with E-state index in [1.54, 1.807) is 18.2 Å². The van der Waals surface area contributed by atoms with E-state index in [-0.39, 0.29) is 23.6 Å². The van der Waals surface area contributed by atoms with Crippen LogP contribution in [0.4, 0.5) is 19.0 Å². The monoisotopic (exact) mass is 430 g/mol. The van der Waals surface area contributed by atoms with Crippen molar-refractivity contribution in [3.8, 4) is 0 Å². The number of aryl methyl sites for hydroxylation is 1. The molecule has 1 aromatic carbocycles.